The van der Waals surface area contributed by atoms with E-state index in [4.69, 9.17) is 0 Å². The van der Waals surface area contributed by atoms with Crippen molar-refractivity contribution in [2.75, 3.05) is 0 Å². The summed E-state index contributed by atoms with van der Waals surface area (Å²) >= 11 is 1.37. The van der Waals surface area contributed by atoms with Gasteiger partial charge in [0, 0.05) is 18.7 Å². The standard InChI is InChI=1S/C20H19FN4OS/c1-25-18(14-7-9-15(21)10-8-14)23-24-20(25)27-17(13-5-3-2-4-6-13)19(26)22-16-11-12-16/h2-10,16-17H,11-12H2,1H3,(H,22,26)/t17-/m1/s1. The Labute approximate surface area is 161 Å². The zero-order chi connectivity index (χ0) is 18.8. The quantitative estimate of drug-likeness (QED) is 0.660. The lowest BCUT2D eigenvalue weighted by atomic mass is 10.1. The Morgan fingerprint density at radius 1 is 1.15 bits per heavy atom. The number of hydrogen-bond donors (Lipinski definition) is 1. The van der Waals surface area contributed by atoms with Crippen LogP contribution in [0.15, 0.2) is 59.8 Å². The molecule has 1 amide bonds. The van der Waals surface area contributed by atoms with Gasteiger partial charge in [0.2, 0.25) is 5.91 Å². The average molecular weight is 382 g/mol. The number of rotatable bonds is 6. The SMILES string of the molecule is Cn1c(S[C@@H](C(=O)NC2CC2)c2ccccc2)nnc1-c1ccc(F)cc1. The van der Waals surface area contributed by atoms with Crippen LogP contribution in [0.3, 0.4) is 0 Å². The van der Waals surface area contributed by atoms with Crippen molar-refractivity contribution in [1.82, 2.24) is 20.1 Å². The summed E-state index contributed by atoms with van der Waals surface area (Å²) in [5.74, 6) is 0.323. The van der Waals surface area contributed by atoms with E-state index in [-0.39, 0.29) is 11.7 Å². The number of nitrogens with zero attached hydrogens (tertiary/aromatic N) is 3. The number of carbonyl (C=O) groups is 1. The lowest BCUT2D eigenvalue weighted by molar-refractivity contribution is -0.120. The van der Waals surface area contributed by atoms with E-state index in [1.807, 2.05) is 41.9 Å². The van der Waals surface area contributed by atoms with Gasteiger partial charge in [-0.25, -0.2) is 4.39 Å². The summed E-state index contributed by atoms with van der Waals surface area (Å²) in [5, 5.41) is 11.8. The van der Waals surface area contributed by atoms with Crippen molar-refractivity contribution in [3.05, 3.63) is 66.0 Å². The number of benzene rings is 2. The number of carbonyl (C=O) groups excluding carboxylic acids is 1. The van der Waals surface area contributed by atoms with Crippen LogP contribution in [-0.4, -0.2) is 26.7 Å². The van der Waals surface area contributed by atoms with Crippen LogP contribution in [0.5, 0.6) is 0 Å². The van der Waals surface area contributed by atoms with Crippen molar-refractivity contribution < 1.29 is 9.18 Å². The van der Waals surface area contributed by atoms with E-state index >= 15 is 0 Å². The third-order valence-corrected chi connectivity index (χ3v) is 5.71. The van der Waals surface area contributed by atoms with E-state index < -0.39 is 5.25 Å². The zero-order valence-electron chi connectivity index (χ0n) is 14.8. The highest BCUT2D eigenvalue weighted by Gasteiger charge is 2.30. The van der Waals surface area contributed by atoms with Gasteiger partial charge in [0.05, 0.1) is 0 Å². The summed E-state index contributed by atoms with van der Waals surface area (Å²) in [6.07, 6.45) is 2.08. The maximum Gasteiger partial charge on any atom is 0.238 e. The highest BCUT2D eigenvalue weighted by atomic mass is 32.2. The van der Waals surface area contributed by atoms with Crippen molar-refractivity contribution >= 4 is 17.7 Å². The number of halogens is 1. The van der Waals surface area contributed by atoms with E-state index in [2.05, 4.69) is 15.5 Å². The molecule has 0 radical (unpaired) electrons. The van der Waals surface area contributed by atoms with Crippen LogP contribution in [0.4, 0.5) is 4.39 Å². The second-order valence-corrected chi connectivity index (χ2v) is 7.64. The highest BCUT2D eigenvalue weighted by molar-refractivity contribution is 8.00. The number of nitrogens with one attached hydrogen (secondary N) is 1. The molecule has 1 saturated carbocycles. The van der Waals surface area contributed by atoms with Crippen LogP contribution in [0, 0.1) is 5.82 Å². The Morgan fingerprint density at radius 3 is 2.52 bits per heavy atom. The van der Waals surface area contributed by atoms with Crippen molar-refractivity contribution in [1.29, 1.82) is 0 Å². The zero-order valence-corrected chi connectivity index (χ0v) is 15.6. The molecule has 1 fully saturated rings. The fourth-order valence-corrected chi connectivity index (χ4v) is 3.79. The summed E-state index contributed by atoms with van der Waals surface area (Å²) in [5.41, 5.74) is 1.70. The summed E-state index contributed by atoms with van der Waals surface area (Å²) < 4.78 is 15.0. The van der Waals surface area contributed by atoms with Crippen LogP contribution in [-0.2, 0) is 11.8 Å². The second-order valence-electron chi connectivity index (χ2n) is 6.56. The van der Waals surface area contributed by atoms with E-state index in [1.54, 1.807) is 12.1 Å². The smallest absolute Gasteiger partial charge is 0.238 e. The van der Waals surface area contributed by atoms with Gasteiger partial charge in [0.25, 0.3) is 0 Å². The first kappa shape index (κ1) is 17.7. The minimum Gasteiger partial charge on any atom is -0.352 e. The first-order valence-electron chi connectivity index (χ1n) is 8.79. The third-order valence-electron chi connectivity index (χ3n) is 4.42. The fraction of sp³-hybridized carbons (Fsp3) is 0.250. The summed E-state index contributed by atoms with van der Waals surface area (Å²) in [4.78, 5) is 12.8. The summed E-state index contributed by atoms with van der Waals surface area (Å²) in [6.45, 7) is 0. The van der Waals surface area contributed by atoms with Crippen LogP contribution >= 0.6 is 11.8 Å². The second kappa shape index (κ2) is 7.52. The normalized spacial score (nSPS) is 14.7. The van der Waals surface area contributed by atoms with Crippen LogP contribution < -0.4 is 5.32 Å². The number of thioether (sulfide) groups is 1. The van der Waals surface area contributed by atoms with Gasteiger partial charge in [0.1, 0.15) is 11.1 Å². The van der Waals surface area contributed by atoms with Gasteiger partial charge in [-0.3, -0.25) is 4.79 Å². The molecule has 0 unspecified atom stereocenters. The molecule has 1 aliphatic rings. The minimum atomic E-state index is -0.407. The van der Waals surface area contributed by atoms with Gasteiger partial charge in [-0.1, -0.05) is 42.1 Å². The molecule has 7 heteroatoms. The van der Waals surface area contributed by atoms with Gasteiger partial charge in [-0.15, -0.1) is 10.2 Å². The van der Waals surface area contributed by atoms with Crippen molar-refractivity contribution in [3.63, 3.8) is 0 Å². The molecule has 4 rings (SSSR count). The van der Waals surface area contributed by atoms with Crippen molar-refractivity contribution in [3.8, 4) is 11.4 Å². The first-order chi connectivity index (χ1) is 13.1. The predicted molar refractivity (Wildman–Crippen MR) is 103 cm³/mol. The first-order valence-corrected chi connectivity index (χ1v) is 9.67. The molecule has 0 spiro atoms. The fourth-order valence-electron chi connectivity index (χ4n) is 2.78. The van der Waals surface area contributed by atoms with E-state index in [9.17, 15) is 9.18 Å². The maximum atomic E-state index is 13.2. The molecule has 0 bridgehead atoms. The van der Waals surface area contributed by atoms with Gasteiger partial charge in [-0.2, -0.15) is 0 Å². The monoisotopic (exact) mass is 382 g/mol. The Hall–Kier alpha value is -2.67. The van der Waals surface area contributed by atoms with Gasteiger partial charge in [-0.05, 0) is 42.7 Å². The van der Waals surface area contributed by atoms with E-state index in [0.29, 0.717) is 17.0 Å². The number of aromatic nitrogens is 3. The molecule has 0 aliphatic heterocycles. The molecule has 3 aromatic rings. The number of hydrogen-bond acceptors (Lipinski definition) is 4. The van der Waals surface area contributed by atoms with Gasteiger partial charge in [0.15, 0.2) is 11.0 Å². The lowest BCUT2D eigenvalue weighted by Gasteiger charge is -2.16. The Bertz CT molecular complexity index is 938. The largest absolute Gasteiger partial charge is 0.352 e. The molecular weight excluding hydrogens is 363 g/mol. The molecule has 0 saturated heterocycles. The Kier molecular flexibility index (Phi) is 4.94. The van der Waals surface area contributed by atoms with Gasteiger partial charge >= 0.3 is 0 Å². The molecule has 1 N–H and O–H groups in total. The summed E-state index contributed by atoms with van der Waals surface area (Å²) in [6, 6.07) is 16.1. The van der Waals surface area contributed by atoms with Crippen molar-refractivity contribution in [2.24, 2.45) is 7.05 Å². The van der Waals surface area contributed by atoms with Crippen LogP contribution in [0.2, 0.25) is 0 Å². The minimum absolute atomic E-state index is 0.0139. The average Bonchev–Trinajstić information content (AvgIpc) is 3.42. The van der Waals surface area contributed by atoms with Gasteiger partial charge < -0.3 is 9.88 Å². The molecule has 138 valence electrons. The molecule has 5 nitrogen and oxygen atoms in total. The van der Waals surface area contributed by atoms with E-state index in [1.165, 1.54) is 23.9 Å². The summed E-state index contributed by atoms with van der Waals surface area (Å²) in [7, 11) is 1.85. The lowest BCUT2D eigenvalue weighted by Crippen LogP contribution is -2.29. The Balaban J connectivity index is 1.61. The van der Waals surface area contributed by atoms with Crippen LogP contribution in [0.25, 0.3) is 11.4 Å². The molecular formula is C20H19FN4OS. The van der Waals surface area contributed by atoms with E-state index in [0.717, 1.165) is 24.0 Å². The number of amides is 1. The van der Waals surface area contributed by atoms with Crippen LogP contribution in [0.1, 0.15) is 23.7 Å². The molecule has 2 aromatic carbocycles. The molecule has 1 atom stereocenters. The maximum absolute atomic E-state index is 13.2. The van der Waals surface area contributed by atoms with Crippen molar-refractivity contribution in [2.45, 2.75) is 29.3 Å². The molecule has 27 heavy (non-hydrogen) atoms. The highest BCUT2D eigenvalue weighted by Crippen LogP contribution is 2.36. The Morgan fingerprint density at radius 2 is 1.85 bits per heavy atom. The third kappa shape index (κ3) is 4.03. The molecule has 1 aliphatic carbocycles. The topological polar surface area (TPSA) is 59.8 Å². The predicted octanol–water partition coefficient (Wildman–Crippen LogP) is 3.73. The molecule has 1 aromatic heterocycles. The molecule has 1 heterocycles.